The smallest absolute Gasteiger partial charge is 0.347 e. The van der Waals surface area contributed by atoms with E-state index in [1.807, 2.05) is 0 Å². The Kier molecular flexibility index (Phi) is 4.79. The van der Waals surface area contributed by atoms with Gasteiger partial charge in [-0.15, -0.1) is 0 Å². The molecule has 0 atom stereocenters. The first-order valence-corrected chi connectivity index (χ1v) is 8.56. The lowest BCUT2D eigenvalue weighted by atomic mass is 9.96. The average molecular weight is 398 g/mol. The second-order valence-electron chi connectivity index (χ2n) is 6.86. The number of fused-ring (bicyclic) bond motifs is 2. The summed E-state index contributed by atoms with van der Waals surface area (Å²) in [6.07, 6.45) is 0.348. The van der Waals surface area contributed by atoms with E-state index in [2.05, 4.69) is 6.58 Å². The van der Waals surface area contributed by atoms with Crippen molar-refractivity contribution in [1.29, 1.82) is 0 Å². The van der Waals surface area contributed by atoms with Gasteiger partial charge in [-0.25, -0.2) is 9.59 Å². The molecule has 0 fully saturated rings. The molecule has 0 aliphatic carbocycles. The minimum Gasteiger partial charge on any atom is -0.507 e. The van der Waals surface area contributed by atoms with Gasteiger partial charge in [0.05, 0.1) is 5.56 Å². The maximum atomic E-state index is 12.8. The molecule has 2 aromatic rings. The average Bonchev–Trinajstić information content (AvgIpc) is 2.75. The summed E-state index contributed by atoms with van der Waals surface area (Å²) in [5.74, 6) is -3.79. The number of carbonyl (C=O) groups is 3. The molecule has 1 aliphatic heterocycles. The van der Waals surface area contributed by atoms with Gasteiger partial charge in [-0.05, 0) is 32.4 Å². The van der Waals surface area contributed by atoms with Crippen LogP contribution in [0.4, 0.5) is 0 Å². The van der Waals surface area contributed by atoms with Gasteiger partial charge in [0.15, 0.2) is 23.5 Å². The van der Waals surface area contributed by atoms with E-state index in [0.29, 0.717) is 17.4 Å². The molecule has 0 aromatic heterocycles. The van der Waals surface area contributed by atoms with E-state index >= 15 is 0 Å². The van der Waals surface area contributed by atoms with Crippen LogP contribution in [0.1, 0.15) is 54.7 Å². The molecule has 2 aromatic carbocycles. The van der Waals surface area contributed by atoms with Gasteiger partial charge in [0.25, 0.3) is 0 Å². The summed E-state index contributed by atoms with van der Waals surface area (Å²) < 4.78 is 11.3. The zero-order valence-corrected chi connectivity index (χ0v) is 16.0. The molecule has 3 N–H and O–H groups in total. The molecule has 1 aliphatic rings. The number of esters is 1. The minimum absolute atomic E-state index is 0.00559. The van der Waals surface area contributed by atoms with Crippen LogP contribution in [0.2, 0.25) is 0 Å². The van der Waals surface area contributed by atoms with Gasteiger partial charge < -0.3 is 24.8 Å². The van der Waals surface area contributed by atoms with Crippen LogP contribution < -0.4 is 9.47 Å². The standard InChI is InChI=1S/C21H18O8/c1-8(2)5-11-16(24)15(20(25)26)10(4)17-19(11)29-21(27)14-9(3)6-13(23)12(7-22)18(14)28-17/h6-7,23-24H,1,5H2,2-4H3,(H,25,26). The maximum Gasteiger partial charge on any atom is 0.347 e. The third-order valence-electron chi connectivity index (χ3n) is 4.63. The van der Waals surface area contributed by atoms with Crippen molar-refractivity contribution < 1.29 is 39.2 Å². The Balaban J connectivity index is 2.43. The predicted molar refractivity (Wildman–Crippen MR) is 102 cm³/mol. The van der Waals surface area contributed by atoms with Crippen molar-refractivity contribution in [3.8, 4) is 28.7 Å². The van der Waals surface area contributed by atoms with E-state index in [1.165, 1.54) is 19.9 Å². The second kappa shape index (κ2) is 6.97. The molecule has 0 unspecified atom stereocenters. The monoisotopic (exact) mass is 398 g/mol. The fourth-order valence-corrected chi connectivity index (χ4v) is 3.32. The molecule has 0 saturated heterocycles. The van der Waals surface area contributed by atoms with Crippen molar-refractivity contribution in [2.75, 3.05) is 0 Å². The molecule has 0 spiro atoms. The van der Waals surface area contributed by atoms with Crippen molar-refractivity contribution in [3.63, 3.8) is 0 Å². The molecule has 0 bridgehead atoms. The number of ether oxygens (including phenoxy) is 2. The molecule has 3 rings (SSSR count). The Labute approximate surface area is 165 Å². The number of phenols is 2. The van der Waals surface area contributed by atoms with Gasteiger partial charge in [-0.3, -0.25) is 4.79 Å². The molecule has 0 amide bonds. The number of carbonyl (C=O) groups excluding carboxylic acids is 2. The molecule has 1 heterocycles. The molecule has 0 saturated carbocycles. The maximum absolute atomic E-state index is 12.8. The number of carboxylic acid groups (broad SMARTS) is 1. The highest BCUT2D eigenvalue weighted by atomic mass is 16.6. The van der Waals surface area contributed by atoms with Crippen molar-refractivity contribution >= 4 is 18.2 Å². The lowest BCUT2D eigenvalue weighted by Gasteiger charge is -2.18. The Morgan fingerprint density at radius 1 is 1.17 bits per heavy atom. The highest BCUT2D eigenvalue weighted by Crippen LogP contribution is 2.50. The number of benzene rings is 2. The minimum atomic E-state index is -1.41. The molecule has 29 heavy (non-hydrogen) atoms. The number of rotatable bonds is 4. The van der Waals surface area contributed by atoms with Crippen molar-refractivity contribution in [2.45, 2.75) is 27.2 Å². The van der Waals surface area contributed by atoms with Crippen LogP contribution >= 0.6 is 0 Å². The largest absolute Gasteiger partial charge is 0.507 e. The number of carboxylic acids is 1. The van der Waals surface area contributed by atoms with Gasteiger partial charge >= 0.3 is 11.9 Å². The van der Waals surface area contributed by atoms with E-state index in [4.69, 9.17) is 9.47 Å². The number of aromatic hydroxyl groups is 2. The number of aldehydes is 1. The third kappa shape index (κ3) is 3.08. The molecule has 150 valence electrons. The van der Waals surface area contributed by atoms with Crippen LogP contribution in [0.3, 0.4) is 0 Å². The Hall–Kier alpha value is -3.81. The van der Waals surface area contributed by atoms with Gasteiger partial charge in [-0.1, -0.05) is 12.2 Å². The molecule has 0 radical (unpaired) electrons. The van der Waals surface area contributed by atoms with Crippen LogP contribution in [0, 0.1) is 13.8 Å². The first-order valence-electron chi connectivity index (χ1n) is 8.56. The number of aromatic carboxylic acids is 1. The fraction of sp³-hybridized carbons (Fsp3) is 0.190. The summed E-state index contributed by atoms with van der Waals surface area (Å²) in [7, 11) is 0. The van der Waals surface area contributed by atoms with Crippen LogP contribution in [0.25, 0.3) is 0 Å². The first kappa shape index (κ1) is 19.9. The van der Waals surface area contributed by atoms with Crippen molar-refractivity contribution in [1.82, 2.24) is 0 Å². The fourth-order valence-electron chi connectivity index (χ4n) is 3.32. The summed E-state index contributed by atoms with van der Waals surface area (Å²) in [4.78, 5) is 36.1. The van der Waals surface area contributed by atoms with Gasteiger partial charge in [0.1, 0.15) is 22.6 Å². The van der Waals surface area contributed by atoms with Crippen LogP contribution in [-0.2, 0) is 6.42 Å². The van der Waals surface area contributed by atoms with E-state index in [1.54, 1.807) is 6.92 Å². The third-order valence-corrected chi connectivity index (χ3v) is 4.63. The second-order valence-corrected chi connectivity index (χ2v) is 6.86. The van der Waals surface area contributed by atoms with E-state index in [9.17, 15) is 29.7 Å². The van der Waals surface area contributed by atoms with Gasteiger partial charge in [0.2, 0.25) is 0 Å². The highest BCUT2D eigenvalue weighted by Gasteiger charge is 2.35. The van der Waals surface area contributed by atoms with Crippen molar-refractivity contribution in [3.05, 3.63) is 51.6 Å². The summed E-state index contributed by atoms with van der Waals surface area (Å²) >= 11 is 0. The number of allylic oxidation sites excluding steroid dienone is 1. The highest BCUT2D eigenvalue weighted by molar-refractivity contribution is 6.02. The number of hydrogen-bond acceptors (Lipinski definition) is 7. The van der Waals surface area contributed by atoms with Crippen LogP contribution in [0.15, 0.2) is 18.2 Å². The number of phenolic OH excluding ortho intramolecular Hbond substituents is 1. The first-order chi connectivity index (χ1) is 13.6. The predicted octanol–water partition coefficient (Wildman–Crippen LogP) is 3.67. The summed E-state index contributed by atoms with van der Waals surface area (Å²) in [5, 5.41) is 30.2. The van der Waals surface area contributed by atoms with Crippen LogP contribution in [-0.4, -0.2) is 33.5 Å². The quantitative estimate of drug-likeness (QED) is 0.308. The molecule has 8 nitrogen and oxygen atoms in total. The Bertz CT molecular complexity index is 1110. The van der Waals surface area contributed by atoms with Gasteiger partial charge in [-0.2, -0.15) is 0 Å². The lowest BCUT2D eigenvalue weighted by Crippen LogP contribution is -2.12. The Morgan fingerprint density at radius 2 is 1.83 bits per heavy atom. The lowest BCUT2D eigenvalue weighted by molar-refractivity contribution is 0.0691. The topological polar surface area (TPSA) is 130 Å². The number of hydrogen-bond donors (Lipinski definition) is 3. The molecule has 8 heteroatoms. The summed E-state index contributed by atoms with van der Waals surface area (Å²) in [6, 6.07) is 1.23. The van der Waals surface area contributed by atoms with E-state index in [-0.39, 0.29) is 45.9 Å². The van der Waals surface area contributed by atoms with Crippen molar-refractivity contribution in [2.24, 2.45) is 0 Å². The Morgan fingerprint density at radius 3 is 2.38 bits per heavy atom. The van der Waals surface area contributed by atoms with Gasteiger partial charge in [0, 0.05) is 17.5 Å². The summed E-state index contributed by atoms with van der Waals surface area (Å²) in [6.45, 7) is 8.31. The zero-order chi connectivity index (χ0) is 21.6. The normalized spacial score (nSPS) is 12.2. The SMILES string of the molecule is C=C(C)Cc1c(O)c(C(=O)O)c(C)c2c1OC(=O)c1c(C)cc(O)c(C=O)c1O2. The van der Waals surface area contributed by atoms with Crippen LogP contribution in [0.5, 0.6) is 28.7 Å². The van der Waals surface area contributed by atoms with E-state index in [0.717, 1.165) is 0 Å². The zero-order valence-electron chi connectivity index (χ0n) is 16.0. The van der Waals surface area contributed by atoms with E-state index < -0.39 is 29.0 Å². The summed E-state index contributed by atoms with van der Waals surface area (Å²) in [5.41, 5.74) is 0.0918. The molecular formula is C21H18O8. The molecular weight excluding hydrogens is 380 g/mol. The number of aryl methyl sites for hydroxylation is 1.